The van der Waals surface area contributed by atoms with Crippen molar-refractivity contribution in [2.45, 2.75) is 13.0 Å². The van der Waals surface area contributed by atoms with Crippen LogP contribution in [0.2, 0.25) is 0 Å². The molecule has 0 amide bonds. The van der Waals surface area contributed by atoms with Gasteiger partial charge in [-0.15, -0.1) is 0 Å². The zero-order valence-electron chi connectivity index (χ0n) is 10.5. The van der Waals surface area contributed by atoms with Gasteiger partial charge in [0.2, 0.25) is 0 Å². The van der Waals surface area contributed by atoms with Crippen molar-refractivity contribution < 1.29 is 19.0 Å². The molecule has 0 atom stereocenters. The Balaban J connectivity index is 2.14. The van der Waals surface area contributed by atoms with Gasteiger partial charge in [0.1, 0.15) is 6.61 Å². The largest absolute Gasteiger partial charge is 0.485 e. The van der Waals surface area contributed by atoms with Crippen LogP contribution in [0.25, 0.3) is 0 Å². The fourth-order valence-corrected chi connectivity index (χ4v) is 2.35. The second kappa shape index (κ2) is 6.52. The fraction of sp³-hybridized carbons (Fsp3) is 0.133. The highest BCUT2D eigenvalue weighted by Gasteiger charge is 2.12. The monoisotopic (exact) mass is 338 g/mol. The lowest BCUT2D eigenvalue weighted by Gasteiger charge is -2.10. The molecule has 0 bridgehead atoms. The summed E-state index contributed by atoms with van der Waals surface area (Å²) in [5.74, 6) is -1.50. The van der Waals surface area contributed by atoms with Gasteiger partial charge < -0.3 is 9.84 Å². The third-order valence-corrected chi connectivity index (χ3v) is 3.23. The molecule has 104 valence electrons. The molecule has 0 fully saturated rings. The fourth-order valence-electron chi connectivity index (χ4n) is 1.76. The summed E-state index contributed by atoms with van der Waals surface area (Å²) >= 11 is 3.20. The van der Waals surface area contributed by atoms with Gasteiger partial charge in [0.25, 0.3) is 0 Å². The van der Waals surface area contributed by atoms with Crippen LogP contribution in [-0.4, -0.2) is 11.1 Å². The van der Waals surface area contributed by atoms with Crippen molar-refractivity contribution >= 4 is 21.9 Å². The molecule has 2 aromatic rings. The van der Waals surface area contributed by atoms with Crippen molar-refractivity contribution in [3.8, 4) is 5.75 Å². The molecule has 5 heteroatoms. The molecule has 1 N–H and O–H groups in total. The van der Waals surface area contributed by atoms with Crippen molar-refractivity contribution in [2.75, 3.05) is 0 Å². The molecule has 0 saturated carbocycles. The summed E-state index contributed by atoms with van der Waals surface area (Å²) in [6, 6.07) is 12.1. The minimum atomic E-state index is -1.01. The summed E-state index contributed by atoms with van der Waals surface area (Å²) in [6.45, 7) is 0.245. The van der Waals surface area contributed by atoms with Gasteiger partial charge >= 0.3 is 5.97 Å². The van der Waals surface area contributed by atoms with Crippen LogP contribution in [0, 0.1) is 5.82 Å². The Hall–Kier alpha value is -1.88. The van der Waals surface area contributed by atoms with Crippen molar-refractivity contribution in [3.63, 3.8) is 0 Å². The van der Waals surface area contributed by atoms with Gasteiger partial charge in [-0.2, -0.15) is 0 Å². The molecule has 2 rings (SSSR count). The molecule has 0 aliphatic rings. The normalized spacial score (nSPS) is 10.3. The van der Waals surface area contributed by atoms with Gasteiger partial charge in [0.15, 0.2) is 11.6 Å². The van der Waals surface area contributed by atoms with Crippen LogP contribution in [0.1, 0.15) is 11.1 Å². The number of carboxylic acid groups (broad SMARTS) is 1. The maximum Gasteiger partial charge on any atom is 0.307 e. The van der Waals surface area contributed by atoms with Crippen LogP contribution < -0.4 is 4.74 Å². The number of aliphatic carboxylic acids is 1. The average Bonchev–Trinajstić information content (AvgIpc) is 2.38. The molecule has 0 unspecified atom stereocenters. The van der Waals surface area contributed by atoms with Crippen molar-refractivity contribution in [3.05, 3.63) is 63.9 Å². The average molecular weight is 339 g/mol. The van der Waals surface area contributed by atoms with E-state index in [0.717, 1.165) is 5.56 Å². The number of carbonyl (C=O) groups is 1. The summed E-state index contributed by atoms with van der Waals surface area (Å²) in [6.07, 6.45) is -0.228. The van der Waals surface area contributed by atoms with Crippen LogP contribution in [0.5, 0.6) is 5.75 Å². The van der Waals surface area contributed by atoms with E-state index in [9.17, 15) is 9.18 Å². The van der Waals surface area contributed by atoms with E-state index in [4.69, 9.17) is 9.84 Å². The van der Waals surface area contributed by atoms with E-state index in [1.54, 1.807) is 6.07 Å². The van der Waals surface area contributed by atoms with E-state index in [2.05, 4.69) is 15.9 Å². The first-order valence-electron chi connectivity index (χ1n) is 5.92. The Labute approximate surface area is 124 Å². The molecule has 20 heavy (non-hydrogen) atoms. The lowest BCUT2D eigenvalue weighted by molar-refractivity contribution is -0.136. The summed E-state index contributed by atoms with van der Waals surface area (Å²) in [7, 11) is 0. The van der Waals surface area contributed by atoms with E-state index >= 15 is 0 Å². The molecule has 0 saturated heterocycles. The van der Waals surface area contributed by atoms with Crippen molar-refractivity contribution in [1.82, 2.24) is 0 Å². The predicted octanol–water partition coefficient (Wildman–Crippen LogP) is 3.79. The highest BCUT2D eigenvalue weighted by molar-refractivity contribution is 9.10. The molecule has 0 radical (unpaired) electrons. The van der Waals surface area contributed by atoms with Gasteiger partial charge in [-0.25, -0.2) is 4.39 Å². The van der Waals surface area contributed by atoms with Gasteiger partial charge in [-0.1, -0.05) is 30.3 Å². The first kappa shape index (κ1) is 14.5. The molecular formula is C15H12BrFO3. The summed E-state index contributed by atoms with van der Waals surface area (Å²) in [4.78, 5) is 10.6. The second-order valence-corrected chi connectivity index (χ2v) is 5.09. The van der Waals surface area contributed by atoms with E-state index in [0.29, 0.717) is 10.0 Å². The van der Waals surface area contributed by atoms with Crippen LogP contribution >= 0.6 is 15.9 Å². The van der Waals surface area contributed by atoms with Crippen molar-refractivity contribution in [1.29, 1.82) is 0 Å². The van der Waals surface area contributed by atoms with Crippen LogP contribution in [0.4, 0.5) is 4.39 Å². The van der Waals surface area contributed by atoms with E-state index < -0.39 is 11.8 Å². The maximum atomic E-state index is 13.9. The maximum absolute atomic E-state index is 13.9. The van der Waals surface area contributed by atoms with Gasteiger partial charge in [-0.05, 0) is 39.2 Å². The first-order valence-corrected chi connectivity index (χ1v) is 6.72. The first-order chi connectivity index (χ1) is 9.56. The predicted molar refractivity (Wildman–Crippen MR) is 76.2 cm³/mol. The number of hydrogen-bond donors (Lipinski definition) is 1. The van der Waals surface area contributed by atoms with Gasteiger partial charge in [0, 0.05) is 0 Å². The van der Waals surface area contributed by atoms with E-state index in [1.165, 1.54) is 6.07 Å². The number of halogens is 2. The van der Waals surface area contributed by atoms with Crippen LogP contribution in [0.3, 0.4) is 0 Å². The minimum absolute atomic E-state index is 0.0861. The van der Waals surface area contributed by atoms with Gasteiger partial charge in [0.05, 0.1) is 10.9 Å². The Morgan fingerprint density at radius 2 is 1.90 bits per heavy atom. The molecular weight excluding hydrogens is 327 g/mol. The summed E-state index contributed by atoms with van der Waals surface area (Å²) in [5, 5.41) is 8.70. The Morgan fingerprint density at radius 3 is 2.50 bits per heavy atom. The number of rotatable bonds is 5. The minimum Gasteiger partial charge on any atom is -0.485 e. The SMILES string of the molecule is O=C(O)Cc1cc(F)c(OCc2ccccc2)c(Br)c1. The lowest BCUT2D eigenvalue weighted by atomic mass is 10.1. The summed E-state index contributed by atoms with van der Waals surface area (Å²) in [5.41, 5.74) is 1.31. The van der Waals surface area contributed by atoms with Crippen molar-refractivity contribution in [2.24, 2.45) is 0 Å². The highest BCUT2D eigenvalue weighted by Crippen LogP contribution is 2.30. The Kier molecular flexibility index (Phi) is 4.74. The third kappa shape index (κ3) is 3.81. The zero-order valence-corrected chi connectivity index (χ0v) is 12.1. The molecule has 0 spiro atoms. The number of ether oxygens (including phenoxy) is 1. The molecule has 0 aromatic heterocycles. The second-order valence-electron chi connectivity index (χ2n) is 4.23. The highest BCUT2D eigenvalue weighted by atomic mass is 79.9. The number of carboxylic acids is 1. The quantitative estimate of drug-likeness (QED) is 0.901. The Morgan fingerprint density at radius 1 is 1.20 bits per heavy atom. The lowest BCUT2D eigenvalue weighted by Crippen LogP contribution is -2.03. The standard InChI is InChI=1S/C15H12BrFO3/c16-12-6-11(8-14(18)19)7-13(17)15(12)20-9-10-4-2-1-3-5-10/h1-7H,8-9H2,(H,18,19). The van der Waals surface area contributed by atoms with E-state index in [-0.39, 0.29) is 18.8 Å². The third-order valence-electron chi connectivity index (χ3n) is 2.64. The van der Waals surface area contributed by atoms with Crippen LogP contribution in [0.15, 0.2) is 46.9 Å². The Bertz CT molecular complexity index is 591. The topological polar surface area (TPSA) is 46.5 Å². The van der Waals surface area contributed by atoms with Crippen LogP contribution in [-0.2, 0) is 17.8 Å². The van der Waals surface area contributed by atoms with E-state index in [1.807, 2.05) is 30.3 Å². The molecule has 0 aliphatic heterocycles. The molecule has 0 heterocycles. The smallest absolute Gasteiger partial charge is 0.307 e. The number of hydrogen-bond acceptors (Lipinski definition) is 2. The van der Waals surface area contributed by atoms with Gasteiger partial charge in [-0.3, -0.25) is 4.79 Å². The molecule has 3 nitrogen and oxygen atoms in total. The summed E-state index contributed by atoms with van der Waals surface area (Å²) < 4.78 is 19.8. The number of benzene rings is 2. The molecule has 2 aromatic carbocycles. The zero-order chi connectivity index (χ0) is 14.5. The molecule has 0 aliphatic carbocycles.